The largest absolute Gasteiger partial charge is 0.417 e. The first kappa shape index (κ1) is 15.7. The molecule has 1 rings (SSSR count). The number of methoxy groups -OCH3 is 1. The van der Waals surface area contributed by atoms with E-state index in [-0.39, 0.29) is 12.4 Å². The molecule has 0 saturated carbocycles. The number of aliphatic hydroxyl groups is 1. The molecule has 2 N–H and O–H groups in total. The van der Waals surface area contributed by atoms with Crippen LogP contribution in [0, 0.1) is 0 Å². The van der Waals surface area contributed by atoms with Crippen LogP contribution >= 0.6 is 0 Å². The normalized spacial score (nSPS) is 15.1. The Labute approximate surface area is 109 Å². The highest BCUT2D eigenvalue weighted by Gasteiger charge is 2.30. The van der Waals surface area contributed by atoms with Crippen LogP contribution < -0.4 is 5.32 Å². The monoisotopic (exact) mass is 278 g/mol. The van der Waals surface area contributed by atoms with E-state index in [2.05, 4.69) is 10.3 Å². The lowest BCUT2D eigenvalue weighted by atomic mass is 10.0. The minimum absolute atomic E-state index is 0.175. The topological polar surface area (TPSA) is 54.4 Å². The van der Waals surface area contributed by atoms with Gasteiger partial charge in [-0.25, -0.2) is 4.98 Å². The van der Waals surface area contributed by atoms with Crippen molar-refractivity contribution in [3.05, 3.63) is 23.9 Å². The maximum Gasteiger partial charge on any atom is 0.417 e. The van der Waals surface area contributed by atoms with Crippen LogP contribution in [0.4, 0.5) is 19.0 Å². The van der Waals surface area contributed by atoms with E-state index in [4.69, 9.17) is 4.74 Å². The van der Waals surface area contributed by atoms with Crippen molar-refractivity contribution in [1.29, 1.82) is 0 Å². The van der Waals surface area contributed by atoms with Gasteiger partial charge < -0.3 is 15.2 Å². The van der Waals surface area contributed by atoms with Crippen molar-refractivity contribution in [3.8, 4) is 0 Å². The van der Waals surface area contributed by atoms with Gasteiger partial charge in [0.15, 0.2) is 0 Å². The van der Waals surface area contributed by atoms with E-state index in [0.717, 1.165) is 12.3 Å². The van der Waals surface area contributed by atoms with Crippen LogP contribution in [0.15, 0.2) is 18.3 Å². The number of nitrogens with one attached hydrogen (secondary N) is 1. The summed E-state index contributed by atoms with van der Waals surface area (Å²) >= 11 is 0. The van der Waals surface area contributed by atoms with Crippen molar-refractivity contribution < 1.29 is 23.0 Å². The lowest BCUT2D eigenvalue weighted by Gasteiger charge is -2.23. The molecule has 1 aromatic heterocycles. The third-order valence-corrected chi connectivity index (χ3v) is 2.59. The zero-order valence-electron chi connectivity index (χ0n) is 10.8. The van der Waals surface area contributed by atoms with Gasteiger partial charge in [-0.2, -0.15) is 13.2 Å². The van der Waals surface area contributed by atoms with Crippen molar-refractivity contribution in [2.45, 2.75) is 25.1 Å². The number of pyridine rings is 1. The Balaban J connectivity index is 2.54. The summed E-state index contributed by atoms with van der Waals surface area (Å²) < 4.78 is 41.8. The van der Waals surface area contributed by atoms with E-state index >= 15 is 0 Å². The summed E-state index contributed by atoms with van der Waals surface area (Å²) in [6, 6.07) is 2.18. The van der Waals surface area contributed by atoms with Crippen LogP contribution in [0.25, 0.3) is 0 Å². The van der Waals surface area contributed by atoms with E-state index in [1.165, 1.54) is 13.2 Å². The second-order valence-electron chi connectivity index (χ2n) is 4.52. The second kappa shape index (κ2) is 6.21. The molecule has 1 atom stereocenters. The summed E-state index contributed by atoms with van der Waals surface area (Å²) in [5.74, 6) is 0.283. The minimum Gasteiger partial charge on any atom is -0.388 e. The zero-order chi connectivity index (χ0) is 14.5. The highest BCUT2D eigenvalue weighted by atomic mass is 19.4. The molecule has 1 heterocycles. The van der Waals surface area contributed by atoms with Crippen LogP contribution in [-0.4, -0.2) is 36.0 Å². The SMILES string of the molecule is COCCC(C)(O)CNc1ccc(C(F)(F)F)cn1. The predicted octanol–water partition coefficient (Wildman–Crippen LogP) is 2.30. The Hall–Kier alpha value is -1.34. The van der Waals surface area contributed by atoms with Gasteiger partial charge in [0.25, 0.3) is 0 Å². The smallest absolute Gasteiger partial charge is 0.388 e. The highest BCUT2D eigenvalue weighted by molar-refractivity contribution is 5.36. The molecule has 1 aromatic rings. The van der Waals surface area contributed by atoms with E-state index in [1.54, 1.807) is 6.92 Å². The third-order valence-electron chi connectivity index (χ3n) is 2.59. The summed E-state index contributed by atoms with van der Waals surface area (Å²) in [4.78, 5) is 3.66. The zero-order valence-corrected chi connectivity index (χ0v) is 10.8. The van der Waals surface area contributed by atoms with Crippen molar-refractivity contribution in [2.24, 2.45) is 0 Å². The molecule has 0 aliphatic heterocycles. The number of hydrogen-bond acceptors (Lipinski definition) is 4. The molecule has 1 unspecified atom stereocenters. The summed E-state index contributed by atoms with van der Waals surface area (Å²) in [5.41, 5.74) is -1.82. The van der Waals surface area contributed by atoms with Crippen LogP contribution in [0.3, 0.4) is 0 Å². The molecule has 0 radical (unpaired) electrons. The van der Waals surface area contributed by atoms with Crippen molar-refractivity contribution in [3.63, 3.8) is 0 Å². The number of anilines is 1. The van der Waals surface area contributed by atoms with Crippen LogP contribution in [-0.2, 0) is 10.9 Å². The van der Waals surface area contributed by atoms with Crippen molar-refractivity contribution in [2.75, 3.05) is 25.6 Å². The molecule has 0 amide bonds. The van der Waals surface area contributed by atoms with Crippen molar-refractivity contribution in [1.82, 2.24) is 4.98 Å². The number of hydrogen-bond donors (Lipinski definition) is 2. The molecular formula is C12H17F3N2O2. The van der Waals surface area contributed by atoms with Gasteiger partial charge in [0, 0.05) is 32.9 Å². The van der Waals surface area contributed by atoms with E-state index in [0.29, 0.717) is 13.0 Å². The number of alkyl halides is 3. The summed E-state index contributed by atoms with van der Waals surface area (Å²) in [7, 11) is 1.53. The van der Waals surface area contributed by atoms with E-state index in [1.807, 2.05) is 0 Å². The van der Waals surface area contributed by atoms with Crippen LogP contribution in [0.2, 0.25) is 0 Å². The summed E-state index contributed by atoms with van der Waals surface area (Å²) in [6.45, 7) is 2.19. The van der Waals surface area contributed by atoms with Gasteiger partial charge in [-0.3, -0.25) is 0 Å². The number of nitrogens with zero attached hydrogens (tertiary/aromatic N) is 1. The third kappa shape index (κ3) is 5.44. The second-order valence-corrected chi connectivity index (χ2v) is 4.52. The molecule has 0 spiro atoms. The van der Waals surface area contributed by atoms with Gasteiger partial charge in [0.1, 0.15) is 5.82 Å². The first-order chi connectivity index (χ1) is 8.74. The molecule has 0 bridgehead atoms. The Morgan fingerprint density at radius 3 is 2.53 bits per heavy atom. The van der Waals surface area contributed by atoms with Gasteiger partial charge in [0.2, 0.25) is 0 Å². The number of rotatable bonds is 6. The molecule has 108 valence electrons. The molecule has 0 saturated heterocycles. The van der Waals surface area contributed by atoms with Crippen molar-refractivity contribution >= 4 is 5.82 Å². The minimum atomic E-state index is -4.39. The van der Waals surface area contributed by atoms with E-state index < -0.39 is 17.3 Å². The van der Waals surface area contributed by atoms with Gasteiger partial charge in [-0.05, 0) is 19.1 Å². The quantitative estimate of drug-likeness (QED) is 0.838. The molecule has 0 aliphatic rings. The number of ether oxygens (including phenoxy) is 1. The Kier molecular flexibility index (Phi) is 5.13. The van der Waals surface area contributed by atoms with Crippen LogP contribution in [0.5, 0.6) is 0 Å². The molecule has 4 nitrogen and oxygen atoms in total. The lowest BCUT2D eigenvalue weighted by molar-refractivity contribution is -0.137. The Morgan fingerprint density at radius 1 is 1.37 bits per heavy atom. The fraction of sp³-hybridized carbons (Fsp3) is 0.583. The molecular weight excluding hydrogens is 261 g/mol. The predicted molar refractivity (Wildman–Crippen MR) is 64.8 cm³/mol. The molecule has 0 fully saturated rings. The summed E-state index contributed by atoms with van der Waals surface area (Å²) in [5, 5.41) is 12.7. The fourth-order valence-corrected chi connectivity index (χ4v) is 1.36. The fourth-order valence-electron chi connectivity index (χ4n) is 1.36. The average Bonchev–Trinajstić information content (AvgIpc) is 2.34. The highest BCUT2D eigenvalue weighted by Crippen LogP contribution is 2.28. The van der Waals surface area contributed by atoms with E-state index in [9.17, 15) is 18.3 Å². The molecule has 7 heteroatoms. The standard InChI is InChI=1S/C12H17F3N2O2/c1-11(18,5-6-19-2)8-17-10-4-3-9(7-16-10)12(13,14)15/h3-4,7,18H,5-6,8H2,1-2H3,(H,16,17). The summed E-state index contributed by atoms with van der Waals surface area (Å²) in [6.07, 6.45) is -3.22. The van der Waals surface area contributed by atoms with Gasteiger partial charge >= 0.3 is 6.18 Å². The maximum absolute atomic E-state index is 12.3. The molecule has 0 aromatic carbocycles. The van der Waals surface area contributed by atoms with Gasteiger partial charge in [0.05, 0.1) is 11.2 Å². The van der Waals surface area contributed by atoms with Crippen LogP contribution in [0.1, 0.15) is 18.9 Å². The number of halogens is 3. The first-order valence-corrected chi connectivity index (χ1v) is 5.73. The lowest BCUT2D eigenvalue weighted by Crippen LogP contribution is -2.34. The molecule has 0 aliphatic carbocycles. The maximum atomic E-state index is 12.3. The Morgan fingerprint density at radius 2 is 2.05 bits per heavy atom. The van der Waals surface area contributed by atoms with Gasteiger partial charge in [-0.15, -0.1) is 0 Å². The van der Waals surface area contributed by atoms with Gasteiger partial charge in [-0.1, -0.05) is 0 Å². The average molecular weight is 278 g/mol. The Bertz CT molecular complexity index is 391. The number of aromatic nitrogens is 1. The molecule has 19 heavy (non-hydrogen) atoms. The first-order valence-electron chi connectivity index (χ1n) is 5.73.